The number of carbonyl (C=O) groups excluding carboxylic acids is 1. The number of para-hydroxylation sites is 2. The first-order valence-electron chi connectivity index (χ1n) is 10.6. The smallest absolute Gasteiger partial charge is 0.302 e. The molecular weight excluding hydrogens is 468 g/mol. The number of fused-ring (bicyclic) bond motifs is 2. The van der Waals surface area contributed by atoms with E-state index in [0.717, 1.165) is 16.6 Å². The maximum Gasteiger partial charge on any atom is 0.302 e. The highest BCUT2D eigenvalue weighted by atomic mass is 16.6. The molecule has 0 aliphatic carbocycles. The molecule has 3 aromatic carbocycles. The Balaban J connectivity index is 1.31. The van der Waals surface area contributed by atoms with Crippen molar-refractivity contribution in [2.75, 3.05) is 13.7 Å². The lowest BCUT2D eigenvalue weighted by Crippen LogP contribution is -2.08. The standard InChI is InChI=1S/C24H18N6O6/c1-35-20-10-13(23-25-17-4-2-3-5-18(17)26-23)6-9-19(20)36-12-21(31)28-29-22-15-11-14(30(33)34)7-8-16(15)27-24(22)32/h2-11,27,32H,12H2,1H3,(H,25,26). The Bertz CT molecular complexity index is 1620. The molecule has 0 saturated heterocycles. The van der Waals surface area contributed by atoms with Crippen molar-refractivity contribution in [3.63, 3.8) is 0 Å². The number of nitrogens with zero attached hydrogens (tertiary/aromatic N) is 4. The van der Waals surface area contributed by atoms with Crippen LogP contribution in [0.15, 0.2) is 70.9 Å². The highest BCUT2D eigenvalue weighted by Crippen LogP contribution is 2.37. The van der Waals surface area contributed by atoms with Gasteiger partial charge in [-0.15, -0.1) is 10.2 Å². The third-order valence-corrected chi connectivity index (χ3v) is 5.39. The zero-order valence-corrected chi connectivity index (χ0v) is 18.8. The van der Waals surface area contributed by atoms with Gasteiger partial charge in [0.25, 0.3) is 5.69 Å². The molecule has 12 heteroatoms. The van der Waals surface area contributed by atoms with Crippen molar-refractivity contribution in [2.45, 2.75) is 0 Å². The van der Waals surface area contributed by atoms with Crippen molar-refractivity contribution in [3.05, 3.63) is 70.8 Å². The van der Waals surface area contributed by atoms with Gasteiger partial charge in [-0.2, -0.15) is 0 Å². The van der Waals surface area contributed by atoms with Crippen LogP contribution in [0.25, 0.3) is 33.3 Å². The van der Waals surface area contributed by atoms with E-state index in [1.807, 2.05) is 24.3 Å². The number of hydrogen-bond donors (Lipinski definition) is 3. The van der Waals surface area contributed by atoms with E-state index in [1.54, 1.807) is 18.2 Å². The van der Waals surface area contributed by atoms with Crippen molar-refractivity contribution in [1.82, 2.24) is 15.0 Å². The molecular formula is C24H18N6O6. The highest BCUT2D eigenvalue weighted by Gasteiger charge is 2.16. The number of nitrogens with one attached hydrogen (secondary N) is 2. The van der Waals surface area contributed by atoms with Crippen LogP contribution >= 0.6 is 0 Å². The molecule has 0 saturated carbocycles. The lowest BCUT2D eigenvalue weighted by molar-refractivity contribution is -0.384. The molecule has 5 aromatic rings. The van der Waals surface area contributed by atoms with E-state index in [4.69, 9.17) is 9.47 Å². The van der Waals surface area contributed by atoms with E-state index in [2.05, 4.69) is 25.2 Å². The maximum atomic E-state index is 12.3. The van der Waals surface area contributed by atoms with Gasteiger partial charge in [-0.25, -0.2) is 4.98 Å². The number of hydrogen-bond acceptors (Lipinski definition) is 8. The first-order chi connectivity index (χ1) is 17.4. The number of non-ortho nitro benzene ring substituents is 1. The van der Waals surface area contributed by atoms with Crippen molar-refractivity contribution in [3.8, 4) is 28.8 Å². The summed E-state index contributed by atoms with van der Waals surface area (Å²) in [7, 11) is 1.48. The highest BCUT2D eigenvalue weighted by molar-refractivity contribution is 5.95. The Hall–Kier alpha value is -5.26. The first kappa shape index (κ1) is 22.5. The molecule has 0 aliphatic rings. The summed E-state index contributed by atoms with van der Waals surface area (Å²) in [4.78, 5) is 33.2. The number of amides is 1. The molecule has 2 heterocycles. The summed E-state index contributed by atoms with van der Waals surface area (Å²) in [6.45, 7) is -0.451. The molecule has 0 radical (unpaired) electrons. The normalized spacial score (nSPS) is 11.4. The number of aromatic nitrogens is 3. The average Bonchev–Trinajstić information content (AvgIpc) is 3.45. The largest absolute Gasteiger partial charge is 0.493 e. The summed E-state index contributed by atoms with van der Waals surface area (Å²) in [5.74, 6) is 0.249. The van der Waals surface area contributed by atoms with Gasteiger partial charge in [0.05, 0.1) is 28.6 Å². The number of nitro groups is 1. The molecule has 2 aromatic heterocycles. The number of azo groups is 1. The van der Waals surface area contributed by atoms with Crippen LogP contribution in [0.1, 0.15) is 0 Å². The summed E-state index contributed by atoms with van der Waals surface area (Å²) in [6, 6.07) is 16.8. The van der Waals surface area contributed by atoms with Crippen LogP contribution in [0, 0.1) is 10.1 Å². The topological polar surface area (TPSA) is 168 Å². The average molecular weight is 486 g/mol. The minimum absolute atomic E-state index is 0.0881. The SMILES string of the molecule is COc1cc(-c2nc3ccccc3[nH]2)ccc1OCC(=O)N=Nc1c(O)[nH]c2ccc([N+](=O)[O-])cc12. The zero-order chi connectivity index (χ0) is 25.2. The second-order valence-corrected chi connectivity index (χ2v) is 7.66. The van der Waals surface area contributed by atoms with Crippen molar-refractivity contribution in [1.29, 1.82) is 0 Å². The van der Waals surface area contributed by atoms with E-state index in [1.165, 1.54) is 25.3 Å². The molecule has 0 spiro atoms. The Kier molecular flexibility index (Phi) is 5.74. The molecule has 0 atom stereocenters. The Morgan fingerprint density at radius 3 is 2.69 bits per heavy atom. The quantitative estimate of drug-likeness (QED) is 0.165. The predicted molar refractivity (Wildman–Crippen MR) is 130 cm³/mol. The minimum Gasteiger partial charge on any atom is -0.493 e. The van der Waals surface area contributed by atoms with Crippen LogP contribution in [0.5, 0.6) is 17.4 Å². The Morgan fingerprint density at radius 1 is 1.08 bits per heavy atom. The van der Waals surface area contributed by atoms with Gasteiger partial charge in [-0.1, -0.05) is 12.1 Å². The van der Waals surface area contributed by atoms with Crippen LogP contribution in [-0.2, 0) is 4.79 Å². The predicted octanol–water partition coefficient (Wildman–Crippen LogP) is 5.02. The summed E-state index contributed by atoms with van der Waals surface area (Å²) in [5, 5.41) is 28.7. The van der Waals surface area contributed by atoms with Crippen LogP contribution in [0.3, 0.4) is 0 Å². The number of nitro benzene ring substituents is 1. The van der Waals surface area contributed by atoms with Gasteiger partial charge in [0.15, 0.2) is 23.8 Å². The number of imidazole rings is 1. The summed E-state index contributed by atoms with van der Waals surface area (Å²) in [5.41, 5.74) is 2.63. The van der Waals surface area contributed by atoms with Crippen LogP contribution in [0.2, 0.25) is 0 Å². The van der Waals surface area contributed by atoms with E-state index in [9.17, 15) is 20.0 Å². The molecule has 0 aliphatic heterocycles. The van der Waals surface area contributed by atoms with E-state index in [0.29, 0.717) is 22.8 Å². The van der Waals surface area contributed by atoms with E-state index >= 15 is 0 Å². The number of aromatic amines is 2. The van der Waals surface area contributed by atoms with E-state index < -0.39 is 17.4 Å². The summed E-state index contributed by atoms with van der Waals surface area (Å²) < 4.78 is 11.0. The van der Waals surface area contributed by atoms with Crippen molar-refractivity contribution >= 4 is 39.2 Å². The van der Waals surface area contributed by atoms with Gasteiger partial charge in [-0.3, -0.25) is 14.9 Å². The van der Waals surface area contributed by atoms with Gasteiger partial charge >= 0.3 is 5.91 Å². The lowest BCUT2D eigenvalue weighted by atomic mass is 10.2. The Morgan fingerprint density at radius 2 is 1.92 bits per heavy atom. The summed E-state index contributed by atoms with van der Waals surface area (Å²) in [6.07, 6.45) is 0. The van der Waals surface area contributed by atoms with Crippen LogP contribution in [0.4, 0.5) is 11.4 Å². The number of carbonyl (C=O) groups is 1. The maximum absolute atomic E-state index is 12.3. The molecule has 1 amide bonds. The number of methoxy groups -OCH3 is 1. The minimum atomic E-state index is -0.738. The molecule has 0 fully saturated rings. The second kappa shape index (κ2) is 9.18. The second-order valence-electron chi connectivity index (χ2n) is 7.66. The third kappa shape index (κ3) is 4.30. The van der Waals surface area contributed by atoms with Crippen LogP contribution < -0.4 is 9.47 Å². The lowest BCUT2D eigenvalue weighted by Gasteiger charge is -2.10. The fourth-order valence-electron chi connectivity index (χ4n) is 3.66. The molecule has 180 valence electrons. The van der Waals surface area contributed by atoms with Gasteiger partial charge in [0.1, 0.15) is 5.82 Å². The van der Waals surface area contributed by atoms with Gasteiger partial charge in [0, 0.05) is 23.1 Å². The van der Waals surface area contributed by atoms with Crippen LogP contribution in [-0.4, -0.2) is 44.6 Å². The zero-order valence-electron chi connectivity index (χ0n) is 18.8. The molecule has 0 unspecified atom stereocenters. The monoisotopic (exact) mass is 486 g/mol. The number of aromatic hydroxyl groups is 1. The van der Waals surface area contributed by atoms with Crippen molar-refractivity contribution in [2.24, 2.45) is 10.2 Å². The van der Waals surface area contributed by atoms with Crippen molar-refractivity contribution < 1.29 is 24.3 Å². The number of ether oxygens (including phenoxy) is 2. The fraction of sp³-hybridized carbons (Fsp3) is 0.0833. The van der Waals surface area contributed by atoms with Gasteiger partial charge < -0.3 is 24.5 Å². The molecule has 5 rings (SSSR count). The Labute approximate surface area is 202 Å². The molecule has 36 heavy (non-hydrogen) atoms. The molecule has 0 bridgehead atoms. The molecule has 12 nitrogen and oxygen atoms in total. The van der Waals surface area contributed by atoms with Gasteiger partial charge in [-0.05, 0) is 36.4 Å². The van der Waals surface area contributed by atoms with E-state index in [-0.39, 0.29) is 22.6 Å². The molecule has 3 N–H and O–H groups in total. The fourth-order valence-corrected chi connectivity index (χ4v) is 3.66. The number of benzene rings is 3. The summed E-state index contributed by atoms with van der Waals surface area (Å²) >= 11 is 0. The first-order valence-corrected chi connectivity index (χ1v) is 10.6. The van der Waals surface area contributed by atoms with Gasteiger partial charge in [0.2, 0.25) is 5.88 Å². The third-order valence-electron chi connectivity index (χ3n) is 5.39. The number of H-pyrrole nitrogens is 2. The number of rotatable bonds is 7.